The number of rotatable bonds is 12. The van der Waals surface area contributed by atoms with Crippen molar-refractivity contribution in [2.24, 2.45) is 68.0 Å². The van der Waals surface area contributed by atoms with Crippen LogP contribution in [0.15, 0.2) is 0 Å². The Kier molecular flexibility index (Phi) is 25.5. The van der Waals surface area contributed by atoms with Gasteiger partial charge < -0.3 is 59.4 Å². The first-order valence-electron chi connectivity index (χ1n) is 17.4. The molecular formula is C39H66Al2O12. The van der Waals surface area contributed by atoms with E-state index in [4.69, 9.17) is 0 Å². The predicted molar refractivity (Wildman–Crippen MR) is 193 cm³/mol. The second kappa shape index (κ2) is 22.4. The second-order valence-corrected chi connectivity index (χ2v) is 20.1. The molecule has 0 aromatic carbocycles. The Bertz CT molecular complexity index is 950. The van der Waals surface area contributed by atoms with E-state index in [0.29, 0.717) is 0 Å². The molecule has 0 bridgehead atoms. The summed E-state index contributed by atoms with van der Waals surface area (Å²) < 4.78 is 0. The van der Waals surface area contributed by atoms with E-state index in [1.807, 2.05) is 0 Å². The van der Waals surface area contributed by atoms with Crippen LogP contribution < -0.4 is 30.6 Å². The van der Waals surface area contributed by atoms with E-state index in [2.05, 4.69) is 0 Å². The number of aliphatic carboxylic acids is 6. The van der Waals surface area contributed by atoms with Crippen LogP contribution in [0.5, 0.6) is 0 Å². The monoisotopic (exact) mass is 780 g/mol. The molecule has 0 aromatic rings. The van der Waals surface area contributed by atoms with Gasteiger partial charge in [0.1, 0.15) is 0 Å². The molecule has 14 heteroatoms. The molecule has 0 aliphatic carbocycles. The van der Waals surface area contributed by atoms with Crippen molar-refractivity contribution in [2.45, 2.75) is 144 Å². The van der Waals surface area contributed by atoms with Crippen molar-refractivity contribution in [1.29, 1.82) is 0 Å². The maximum Gasteiger partial charge on any atom is 3.00 e. The molecule has 0 heterocycles. The van der Waals surface area contributed by atoms with Crippen LogP contribution in [-0.4, -0.2) is 70.5 Å². The summed E-state index contributed by atoms with van der Waals surface area (Å²) in [4.78, 5) is 66.6. The van der Waals surface area contributed by atoms with Crippen LogP contribution in [-0.2, 0) is 28.8 Å². The second-order valence-electron chi connectivity index (χ2n) is 20.1. The average Bonchev–Trinajstić information content (AvgIpc) is 2.78. The van der Waals surface area contributed by atoms with Crippen LogP contribution in [0.25, 0.3) is 0 Å². The minimum atomic E-state index is -1.20. The van der Waals surface area contributed by atoms with Crippen molar-refractivity contribution in [1.82, 2.24) is 0 Å². The maximum atomic E-state index is 11.1. The number of hydrogen-bond donors (Lipinski definition) is 0. The fraction of sp³-hybridized carbons (Fsp3) is 0.846. The van der Waals surface area contributed by atoms with Gasteiger partial charge in [-0.2, -0.15) is 0 Å². The van der Waals surface area contributed by atoms with Crippen molar-refractivity contribution in [3.8, 4) is 0 Å². The van der Waals surface area contributed by atoms with Crippen LogP contribution in [0.2, 0.25) is 0 Å². The van der Waals surface area contributed by atoms with Gasteiger partial charge in [-0.05, 0) is 51.8 Å². The van der Waals surface area contributed by atoms with E-state index in [0.717, 1.165) is 0 Å². The number of carboxylic acids is 6. The summed E-state index contributed by atoms with van der Waals surface area (Å²) in [5.74, 6) is -12.0. The van der Waals surface area contributed by atoms with Crippen LogP contribution in [0, 0.1) is 68.0 Å². The summed E-state index contributed by atoms with van der Waals surface area (Å²) in [7, 11) is 0. The van der Waals surface area contributed by atoms with Gasteiger partial charge in [-0.3, -0.25) is 0 Å². The van der Waals surface area contributed by atoms with Gasteiger partial charge in [0, 0.05) is 71.3 Å². The van der Waals surface area contributed by atoms with E-state index in [9.17, 15) is 59.4 Å². The molecule has 300 valence electrons. The Hall–Kier alpha value is -2.12. The molecule has 12 nitrogen and oxygen atoms in total. The van der Waals surface area contributed by atoms with Gasteiger partial charge >= 0.3 is 34.7 Å². The van der Waals surface area contributed by atoms with E-state index in [1.165, 1.54) is 0 Å². The summed E-state index contributed by atoms with van der Waals surface area (Å²) in [6.07, 6.45) is 0.118. The minimum Gasteiger partial charge on any atom is -0.550 e. The number of carbonyl (C=O) groups is 6. The molecular weight excluding hydrogens is 714 g/mol. The molecule has 6 atom stereocenters. The third-order valence-corrected chi connectivity index (χ3v) is 9.39. The normalized spacial score (nSPS) is 15.7. The van der Waals surface area contributed by atoms with Gasteiger partial charge in [0.25, 0.3) is 0 Å². The van der Waals surface area contributed by atoms with Gasteiger partial charge in [0.15, 0.2) is 0 Å². The zero-order valence-electron chi connectivity index (χ0n) is 35.6. The first-order chi connectivity index (χ1) is 22.1. The quantitative estimate of drug-likeness (QED) is 0.235. The minimum absolute atomic E-state index is 0. The molecule has 0 saturated carbocycles. The van der Waals surface area contributed by atoms with Gasteiger partial charge in [-0.15, -0.1) is 0 Å². The molecule has 0 rings (SSSR count). The smallest absolute Gasteiger partial charge is 0.550 e. The van der Waals surface area contributed by atoms with Gasteiger partial charge in [-0.1, -0.05) is 125 Å². The Morgan fingerprint density at radius 3 is 0.396 bits per heavy atom. The van der Waals surface area contributed by atoms with E-state index >= 15 is 0 Å². The van der Waals surface area contributed by atoms with Crippen molar-refractivity contribution in [2.75, 3.05) is 0 Å². The first kappa shape index (κ1) is 60.1. The van der Waals surface area contributed by atoms with Gasteiger partial charge in [0.2, 0.25) is 0 Å². The molecule has 0 N–H and O–H groups in total. The molecule has 0 radical (unpaired) electrons. The van der Waals surface area contributed by atoms with E-state index < -0.39 is 104 Å². The fourth-order valence-electron chi connectivity index (χ4n) is 5.53. The van der Waals surface area contributed by atoms with Crippen LogP contribution >= 0.6 is 0 Å². The molecule has 0 aromatic heterocycles. The fourth-order valence-corrected chi connectivity index (χ4v) is 5.53. The van der Waals surface area contributed by atoms with Crippen molar-refractivity contribution >= 4 is 70.5 Å². The standard InChI is InChI=1S/3C13H24O4.2Al/c3*1-12(2,3)8(10(14)15)7-9(11(16)17)13(4,5)6;;/h3*8-9H,7H2,1-6H3,(H,14,15)(H,16,17);;/q;;;2*+3/p-6. The van der Waals surface area contributed by atoms with E-state index in [1.54, 1.807) is 125 Å². The number of hydrogen-bond acceptors (Lipinski definition) is 12. The van der Waals surface area contributed by atoms with Crippen LogP contribution in [0.4, 0.5) is 0 Å². The van der Waals surface area contributed by atoms with E-state index in [-0.39, 0.29) is 54.0 Å². The summed E-state index contributed by atoms with van der Waals surface area (Å²) in [5.41, 5.74) is -3.18. The Balaban J connectivity index is -0.000000213. The number of carbonyl (C=O) groups excluding carboxylic acids is 6. The average molecular weight is 781 g/mol. The zero-order chi connectivity index (χ0) is 42.0. The Morgan fingerprint density at radius 2 is 0.358 bits per heavy atom. The molecule has 0 spiro atoms. The van der Waals surface area contributed by atoms with Gasteiger partial charge in [0.05, 0.1) is 0 Å². The van der Waals surface area contributed by atoms with Crippen molar-refractivity contribution in [3.63, 3.8) is 0 Å². The Morgan fingerprint density at radius 1 is 0.283 bits per heavy atom. The number of carboxylic acid groups (broad SMARTS) is 6. The topological polar surface area (TPSA) is 241 Å². The zero-order valence-corrected chi connectivity index (χ0v) is 37.9. The predicted octanol–water partition coefficient (Wildman–Crippen LogP) is -0.159. The molecule has 0 aliphatic heterocycles. The molecule has 6 unspecified atom stereocenters. The third kappa shape index (κ3) is 23.4. The summed E-state index contributed by atoms with van der Waals surface area (Å²) in [6, 6.07) is 0. The molecule has 53 heavy (non-hydrogen) atoms. The first-order valence-corrected chi connectivity index (χ1v) is 17.4. The van der Waals surface area contributed by atoms with Gasteiger partial charge in [-0.25, -0.2) is 0 Å². The van der Waals surface area contributed by atoms with Crippen LogP contribution in [0.1, 0.15) is 144 Å². The van der Waals surface area contributed by atoms with Crippen LogP contribution in [0.3, 0.4) is 0 Å². The SMILES string of the molecule is CC(C)(C)C(CC(C(=O)[O-])C(C)(C)C)C(=O)[O-].CC(C)(C)C(CC(C(=O)[O-])C(C)(C)C)C(=O)[O-].CC(C)(C)C(CC(C(=O)[O-])C(C)(C)C)C(=O)[O-].[Al+3].[Al+3]. The third-order valence-electron chi connectivity index (χ3n) is 9.39. The van der Waals surface area contributed by atoms with Crippen molar-refractivity contribution in [3.05, 3.63) is 0 Å². The summed E-state index contributed by atoms with van der Waals surface area (Å²) >= 11 is 0. The largest absolute Gasteiger partial charge is 3.00 e. The molecule has 0 saturated heterocycles. The Labute approximate surface area is 340 Å². The molecule has 0 amide bonds. The van der Waals surface area contributed by atoms with Crippen molar-refractivity contribution < 1.29 is 59.4 Å². The summed E-state index contributed by atoms with van der Waals surface area (Å²) in [5, 5.41) is 66.6. The molecule has 0 fully saturated rings. The molecule has 0 aliphatic rings. The maximum absolute atomic E-state index is 11.1. The summed E-state index contributed by atoms with van der Waals surface area (Å²) in [6.45, 7) is 31.8.